The Morgan fingerprint density at radius 1 is 1.00 bits per heavy atom. The Labute approximate surface area is 129 Å². The van der Waals surface area contributed by atoms with E-state index in [1.54, 1.807) is 12.1 Å². The summed E-state index contributed by atoms with van der Waals surface area (Å²) in [5, 5.41) is 12.0. The standard InChI is InChI=1S/C18H20N2O2/c21-20(22)16-1-2-17-13(10-16)3-4-19(17)18-14-6-11-5-12(8-14)9-15(18)7-11/h1-4,10-12,14-15,18H,5-9H2. The molecule has 6 rings (SSSR count). The molecule has 1 aromatic heterocycles. The normalized spacial score (nSPS) is 36.1. The largest absolute Gasteiger partial charge is 0.344 e. The first-order chi connectivity index (χ1) is 10.7. The van der Waals surface area contributed by atoms with Gasteiger partial charge in [0.15, 0.2) is 0 Å². The van der Waals surface area contributed by atoms with Crippen molar-refractivity contribution < 1.29 is 4.92 Å². The minimum absolute atomic E-state index is 0.190. The Morgan fingerprint density at radius 2 is 1.68 bits per heavy atom. The molecule has 1 aromatic carbocycles. The molecule has 0 aliphatic heterocycles. The molecule has 0 amide bonds. The zero-order valence-corrected chi connectivity index (χ0v) is 12.5. The van der Waals surface area contributed by atoms with Crippen LogP contribution in [0.25, 0.3) is 10.9 Å². The molecule has 0 atom stereocenters. The fourth-order valence-corrected chi connectivity index (χ4v) is 5.88. The number of rotatable bonds is 2. The van der Waals surface area contributed by atoms with Crippen molar-refractivity contribution in [3.63, 3.8) is 0 Å². The summed E-state index contributed by atoms with van der Waals surface area (Å²) in [5.74, 6) is 3.59. The third-order valence-electron chi connectivity index (χ3n) is 6.41. The Hall–Kier alpha value is -1.84. The second-order valence-electron chi connectivity index (χ2n) is 7.64. The number of non-ortho nitro benzene ring substituents is 1. The second kappa shape index (κ2) is 4.34. The fraction of sp³-hybridized carbons (Fsp3) is 0.556. The highest BCUT2D eigenvalue weighted by molar-refractivity contribution is 5.82. The minimum Gasteiger partial charge on any atom is -0.344 e. The highest BCUT2D eigenvalue weighted by Crippen LogP contribution is 2.58. The fourth-order valence-electron chi connectivity index (χ4n) is 5.88. The number of fused-ring (bicyclic) bond motifs is 1. The maximum absolute atomic E-state index is 11.0. The molecular formula is C18H20N2O2. The van der Waals surface area contributed by atoms with Gasteiger partial charge in [0, 0.05) is 35.3 Å². The number of aromatic nitrogens is 1. The molecule has 4 fully saturated rings. The van der Waals surface area contributed by atoms with Gasteiger partial charge in [-0.3, -0.25) is 10.1 Å². The van der Waals surface area contributed by atoms with Crippen molar-refractivity contribution in [2.75, 3.05) is 0 Å². The van der Waals surface area contributed by atoms with E-state index in [1.807, 2.05) is 12.1 Å². The molecule has 2 aromatic rings. The van der Waals surface area contributed by atoms with E-state index in [0.29, 0.717) is 6.04 Å². The number of hydrogen-bond donors (Lipinski definition) is 0. The average molecular weight is 296 g/mol. The molecule has 0 N–H and O–H groups in total. The maximum atomic E-state index is 11.0. The van der Waals surface area contributed by atoms with E-state index in [4.69, 9.17) is 0 Å². The summed E-state index contributed by atoms with van der Waals surface area (Å²) in [5.41, 5.74) is 1.36. The summed E-state index contributed by atoms with van der Waals surface area (Å²) >= 11 is 0. The van der Waals surface area contributed by atoms with Gasteiger partial charge in [0.05, 0.1) is 4.92 Å². The van der Waals surface area contributed by atoms with Gasteiger partial charge in [-0.2, -0.15) is 0 Å². The molecule has 4 nitrogen and oxygen atoms in total. The summed E-state index contributed by atoms with van der Waals surface area (Å²) in [6.07, 6.45) is 9.21. The van der Waals surface area contributed by atoms with E-state index < -0.39 is 0 Å². The highest BCUT2D eigenvalue weighted by Gasteiger charge is 2.48. The minimum atomic E-state index is -0.306. The number of nitro benzene ring substituents is 1. The lowest BCUT2D eigenvalue weighted by atomic mass is 9.54. The number of nitro groups is 1. The smallest absolute Gasteiger partial charge is 0.270 e. The quantitative estimate of drug-likeness (QED) is 0.603. The number of hydrogen-bond acceptors (Lipinski definition) is 2. The summed E-state index contributed by atoms with van der Waals surface area (Å²) in [6.45, 7) is 0. The number of benzene rings is 1. The van der Waals surface area contributed by atoms with Gasteiger partial charge in [-0.1, -0.05) is 0 Å². The van der Waals surface area contributed by atoms with E-state index in [-0.39, 0.29) is 10.6 Å². The molecule has 114 valence electrons. The molecular weight excluding hydrogens is 276 g/mol. The van der Waals surface area contributed by atoms with Gasteiger partial charge in [0.25, 0.3) is 5.69 Å². The van der Waals surface area contributed by atoms with Crippen LogP contribution in [-0.4, -0.2) is 9.49 Å². The molecule has 1 heterocycles. The SMILES string of the molecule is O=[N+]([O-])c1ccc2c(ccn2C2C3CC4CC(C3)CC2C4)c1. The van der Waals surface area contributed by atoms with Crippen molar-refractivity contribution in [1.82, 2.24) is 4.57 Å². The lowest BCUT2D eigenvalue weighted by Crippen LogP contribution is -2.45. The van der Waals surface area contributed by atoms with E-state index in [2.05, 4.69) is 10.8 Å². The van der Waals surface area contributed by atoms with Crippen molar-refractivity contribution in [2.45, 2.75) is 38.1 Å². The van der Waals surface area contributed by atoms with Gasteiger partial charge in [-0.25, -0.2) is 0 Å². The van der Waals surface area contributed by atoms with E-state index in [1.165, 1.54) is 37.6 Å². The van der Waals surface area contributed by atoms with Gasteiger partial charge in [0.1, 0.15) is 0 Å². The van der Waals surface area contributed by atoms with E-state index >= 15 is 0 Å². The third kappa shape index (κ3) is 1.70. The Morgan fingerprint density at radius 3 is 2.32 bits per heavy atom. The van der Waals surface area contributed by atoms with Crippen molar-refractivity contribution in [1.29, 1.82) is 0 Å². The van der Waals surface area contributed by atoms with Crippen LogP contribution in [0.2, 0.25) is 0 Å². The summed E-state index contributed by atoms with van der Waals surface area (Å²) in [4.78, 5) is 10.6. The van der Waals surface area contributed by atoms with Crippen LogP contribution < -0.4 is 0 Å². The molecule has 4 aliphatic carbocycles. The molecule has 0 unspecified atom stereocenters. The zero-order chi connectivity index (χ0) is 14.8. The van der Waals surface area contributed by atoms with Crippen molar-refractivity contribution >= 4 is 16.6 Å². The van der Waals surface area contributed by atoms with Crippen LogP contribution in [0.4, 0.5) is 5.69 Å². The summed E-state index contributed by atoms with van der Waals surface area (Å²) < 4.78 is 2.44. The Bertz CT molecular complexity index is 736. The van der Waals surface area contributed by atoms with Crippen LogP contribution in [0.1, 0.15) is 38.1 Å². The van der Waals surface area contributed by atoms with Gasteiger partial charge in [-0.05, 0) is 67.9 Å². The van der Waals surface area contributed by atoms with Crippen molar-refractivity contribution in [2.24, 2.45) is 23.7 Å². The van der Waals surface area contributed by atoms with Gasteiger partial charge >= 0.3 is 0 Å². The van der Waals surface area contributed by atoms with Crippen LogP contribution in [0.5, 0.6) is 0 Å². The molecule has 22 heavy (non-hydrogen) atoms. The summed E-state index contributed by atoms with van der Waals surface area (Å²) in [7, 11) is 0. The Balaban J connectivity index is 1.58. The van der Waals surface area contributed by atoms with Gasteiger partial charge in [-0.15, -0.1) is 0 Å². The first-order valence-corrected chi connectivity index (χ1v) is 8.44. The van der Waals surface area contributed by atoms with Crippen LogP contribution in [0.15, 0.2) is 30.5 Å². The van der Waals surface area contributed by atoms with E-state index in [9.17, 15) is 10.1 Å². The van der Waals surface area contributed by atoms with Gasteiger partial charge in [0.2, 0.25) is 0 Å². The molecule has 4 heteroatoms. The summed E-state index contributed by atoms with van der Waals surface area (Å²) in [6, 6.07) is 7.97. The Kier molecular flexibility index (Phi) is 2.50. The average Bonchev–Trinajstić information content (AvgIpc) is 2.89. The van der Waals surface area contributed by atoms with Crippen LogP contribution >= 0.6 is 0 Å². The van der Waals surface area contributed by atoms with Crippen molar-refractivity contribution in [3.8, 4) is 0 Å². The predicted octanol–water partition coefficient (Wildman–Crippen LogP) is 4.55. The van der Waals surface area contributed by atoms with E-state index in [0.717, 1.165) is 29.1 Å². The molecule has 0 spiro atoms. The predicted molar refractivity (Wildman–Crippen MR) is 84.7 cm³/mol. The topological polar surface area (TPSA) is 48.1 Å². The second-order valence-corrected chi connectivity index (χ2v) is 7.64. The molecule has 4 bridgehead atoms. The van der Waals surface area contributed by atoms with Crippen LogP contribution in [-0.2, 0) is 0 Å². The van der Waals surface area contributed by atoms with Crippen LogP contribution in [0.3, 0.4) is 0 Å². The maximum Gasteiger partial charge on any atom is 0.270 e. The van der Waals surface area contributed by atoms with Gasteiger partial charge < -0.3 is 4.57 Å². The highest BCUT2D eigenvalue weighted by atomic mass is 16.6. The lowest BCUT2D eigenvalue weighted by Gasteiger charge is -2.54. The molecule has 0 saturated heterocycles. The number of nitrogens with zero attached hydrogens (tertiary/aromatic N) is 2. The molecule has 0 radical (unpaired) electrons. The third-order valence-corrected chi connectivity index (χ3v) is 6.41. The van der Waals surface area contributed by atoms with Crippen LogP contribution in [0, 0.1) is 33.8 Å². The molecule has 4 saturated carbocycles. The monoisotopic (exact) mass is 296 g/mol. The molecule has 4 aliphatic rings. The first kappa shape index (κ1) is 12.7. The zero-order valence-electron chi connectivity index (χ0n) is 12.5. The lowest BCUT2D eigenvalue weighted by molar-refractivity contribution is -0.384. The van der Waals surface area contributed by atoms with Crippen molar-refractivity contribution in [3.05, 3.63) is 40.6 Å². The first-order valence-electron chi connectivity index (χ1n) is 8.44.